The van der Waals surface area contributed by atoms with Gasteiger partial charge in [0.1, 0.15) is 0 Å². The molecule has 5 heteroatoms. The molecule has 0 aromatic rings. The van der Waals surface area contributed by atoms with Gasteiger partial charge in [0.2, 0.25) is 5.91 Å². The van der Waals surface area contributed by atoms with Crippen molar-refractivity contribution in [3.63, 3.8) is 0 Å². The minimum absolute atomic E-state index is 0.0708. The highest BCUT2D eigenvalue weighted by Crippen LogP contribution is 2.17. The summed E-state index contributed by atoms with van der Waals surface area (Å²) in [5.74, 6) is 0.236. The topological polar surface area (TPSA) is 65.4 Å². The molecule has 0 saturated carbocycles. The molecule has 1 aliphatic heterocycles. The molecule has 1 unspecified atom stereocenters. The van der Waals surface area contributed by atoms with Crippen molar-refractivity contribution in [3.05, 3.63) is 0 Å². The van der Waals surface area contributed by atoms with E-state index in [1.54, 1.807) is 7.11 Å². The Kier molecular flexibility index (Phi) is 6.69. The predicted molar refractivity (Wildman–Crippen MR) is 68.9 cm³/mol. The lowest BCUT2D eigenvalue weighted by Crippen LogP contribution is -2.48. The van der Waals surface area contributed by atoms with Gasteiger partial charge in [0.05, 0.1) is 12.1 Å². The number of nitrogens with one attached hydrogen (secondary N) is 1. The number of rotatable bonds is 6. The summed E-state index contributed by atoms with van der Waals surface area (Å²) < 4.78 is 4.93. The summed E-state index contributed by atoms with van der Waals surface area (Å²) in [4.78, 5) is 14.1. The zero-order valence-electron chi connectivity index (χ0n) is 11.3. The summed E-state index contributed by atoms with van der Waals surface area (Å²) in [7, 11) is 1.66. The van der Waals surface area contributed by atoms with E-state index in [9.17, 15) is 4.79 Å². The van der Waals surface area contributed by atoms with Gasteiger partial charge in [0.15, 0.2) is 0 Å². The van der Waals surface area contributed by atoms with Gasteiger partial charge < -0.3 is 10.1 Å². The lowest BCUT2D eigenvalue weighted by atomic mass is 9.97. The van der Waals surface area contributed by atoms with Crippen LogP contribution in [0.3, 0.4) is 0 Å². The molecule has 0 spiro atoms. The molecule has 1 rings (SSSR count). The van der Waals surface area contributed by atoms with Gasteiger partial charge in [-0.3, -0.25) is 9.69 Å². The second-order valence-corrected chi connectivity index (χ2v) is 4.75. The maximum absolute atomic E-state index is 11.9. The summed E-state index contributed by atoms with van der Waals surface area (Å²) in [6, 6.07) is 2.20. The first kappa shape index (κ1) is 14.9. The van der Waals surface area contributed by atoms with E-state index in [4.69, 9.17) is 10.00 Å². The molecule has 0 radical (unpaired) electrons. The Labute approximate surface area is 109 Å². The molecule has 1 aliphatic rings. The second-order valence-electron chi connectivity index (χ2n) is 4.75. The van der Waals surface area contributed by atoms with Gasteiger partial charge in [-0.2, -0.15) is 5.26 Å². The molecule has 1 saturated heterocycles. The van der Waals surface area contributed by atoms with E-state index in [1.165, 1.54) is 0 Å². The normalized spacial score (nSPS) is 19.2. The summed E-state index contributed by atoms with van der Waals surface area (Å²) in [6.07, 6.45) is 2.58. The molecule has 1 atom stereocenters. The molecule has 0 bridgehead atoms. The smallest absolute Gasteiger partial charge is 0.237 e. The van der Waals surface area contributed by atoms with Crippen LogP contribution in [0.4, 0.5) is 0 Å². The third-order valence-electron chi connectivity index (χ3n) is 3.46. The number of methoxy groups -OCH3 is 1. The molecule has 5 nitrogen and oxygen atoms in total. The largest absolute Gasteiger partial charge is 0.385 e. The number of ether oxygens (including phenoxy) is 1. The number of nitriles is 1. The van der Waals surface area contributed by atoms with E-state index in [1.807, 2.05) is 6.92 Å². The van der Waals surface area contributed by atoms with E-state index < -0.39 is 0 Å². The number of hydrogen-bond donors (Lipinski definition) is 1. The van der Waals surface area contributed by atoms with Crippen LogP contribution < -0.4 is 5.32 Å². The third kappa shape index (κ3) is 4.63. The van der Waals surface area contributed by atoms with E-state index >= 15 is 0 Å². The highest BCUT2D eigenvalue weighted by Gasteiger charge is 2.26. The minimum Gasteiger partial charge on any atom is -0.385 e. The maximum atomic E-state index is 11.9. The average Bonchev–Trinajstić information content (AvgIpc) is 2.42. The predicted octanol–water partition coefficient (Wildman–Crippen LogP) is 0.763. The number of amides is 1. The second kappa shape index (κ2) is 8.06. The highest BCUT2D eigenvalue weighted by atomic mass is 16.5. The van der Waals surface area contributed by atoms with Crippen molar-refractivity contribution in [2.24, 2.45) is 5.92 Å². The van der Waals surface area contributed by atoms with Crippen molar-refractivity contribution in [1.82, 2.24) is 10.2 Å². The standard InChI is InChI=1S/C13H23N3O2/c1-11(13(17)15-6-3-9-18-2)16-7-4-12(10-14)5-8-16/h11-12H,3-9H2,1-2H3,(H,15,17). The molecule has 1 fully saturated rings. The van der Waals surface area contributed by atoms with Gasteiger partial charge in [-0.1, -0.05) is 0 Å². The summed E-state index contributed by atoms with van der Waals surface area (Å²) in [5, 5.41) is 11.7. The van der Waals surface area contributed by atoms with Crippen LogP contribution in [-0.4, -0.2) is 50.2 Å². The zero-order chi connectivity index (χ0) is 13.4. The first-order valence-electron chi connectivity index (χ1n) is 6.59. The zero-order valence-corrected chi connectivity index (χ0v) is 11.3. The lowest BCUT2D eigenvalue weighted by Gasteiger charge is -2.33. The van der Waals surface area contributed by atoms with Crippen molar-refractivity contribution in [3.8, 4) is 6.07 Å². The number of likely N-dealkylation sites (tertiary alicyclic amines) is 1. The third-order valence-corrected chi connectivity index (χ3v) is 3.46. The van der Waals surface area contributed by atoms with Crippen LogP contribution in [-0.2, 0) is 9.53 Å². The van der Waals surface area contributed by atoms with E-state index in [0.717, 1.165) is 32.4 Å². The van der Waals surface area contributed by atoms with Crippen LogP contribution in [0.5, 0.6) is 0 Å². The Hall–Kier alpha value is -1.12. The average molecular weight is 253 g/mol. The number of carbonyl (C=O) groups excluding carboxylic acids is 1. The number of piperidine rings is 1. The molecule has 18 heavy (non-hydrogen) atoms. The van der Waals surface area contributed by atoms with Gasteiger partial charge in [0, 0.05) is 39.3 Å². The molecule has 0 aliphatic carbocycles. The van der Waals surface area contributed by atoms with Gasteiger partial charge in [-0.25, -0.2) is 0 Å². The molecular formula is C13H23N3O2. The Bertz CT molecular complexity index is 293. The van der Waals surface area contributed by atoms with Crippen molar-refractivity contribution >= 4 is 5.91 Å². The summed E-state index contributed by atoms with van der Waals surface area (Å²) >= 11 is 0. The number of nitrogens with zero attached hydrogens (tertiary/aromatic N) is 2. The van der Waals surface area contributed by atoms with Crippen molar-refractivity contribution in [2.75, 3.05) is 33.4 Å². The van der Waals surface area contributed by atoms with E-state index in [-0.39, 0.29) is 17.9 Å². The van der Waals surface area contributed by atoms with Crippen LogP contribution in [0.25, 0.3) is 0 Å². The van der Waals surface area contributed by atoms with Crippen LogP contribution in [0.2, 0.25) is 0 Å². The fourth-order valence-electron chi connectivity index (χ4n) is 2.16. The molecule has 102 valence electrons. The molecule has 1 heterocycles. The highest BCUT2D eigenvalue weighted by molar-refractivity contribution is 5.81. The fourth-order valence-corrected chi connectivity index (χ4v) is 2.16. The van der Waals surface area contributed by atoms with E-state index in [2.05, 4.69) is 16.3 Å². The lowest BCUT2D eigenvalue weighted by molar-refractivity contribution is -0.126. The quantitative estimate of drug-likeness (QED) is 0.710. The first-order valence-corrected chi connectivity index (χ1v) is 6.59. The van der Waals surface area contributed by atoms with Crippen LogP contribution in [0.1, 0.15) is 26.2 Å². The number of hydrogen-bond acceptors (Lipinski definition) is 4. The SMILES string of the molecule is COCCCNC(=O)C(C)N1CCC(C#N)CC1. The monoisotopic (exact) mass is 253 g/mol. The molecule has 0 aromatic carbocycles. The summed E-state index contributed by atoms with van der Waals surface area (Å²) in [6.45, 7) is 4.93. The fraction of sp³-hybridized carbons (Fsp3) is 0.846. The van der Waals surface area contributed by atoms with E-state index in [0.29, 0.717) is 13.2 Å². The van der Waals surface area contributed by atoms with Gasteiger partial charge in [0.25, 0.3) is 0 Å². The first-order chi connectivity index (χ1) is 8.69. The molecule has 0 aromatic heterocycles. The molecular weight excluding hydrogens is 230 g/mol. The van der Waals surface area contributed by atoms with Gasteiger partial charge in [-0.15, -0.1) is 0 Å². The van der Waals surface area contributed by atoms with Gasteiger partial charge >= 0.3 is 0 Å². The Morgan fingerprint density at radius 1 is 1.56 bits per heavy atom. The number of carbonyl (C=O) groups is 1. The van der Waals surface area contributed by atoms with Crippen molar-refractivity contribution < 1.29 is 9.53 Å². The minimum atomic E-state index is -0.104. The Morgan fingerprint density at radius 3 is 2.78 bits per heavy atom. The van der Waals surface area contributed by atoms with Crippen molar-refractivity contribution in [2.45, 2.75) is 32.2 Å². The van der Waals surface area contributed by atoms with Crippen LogP contribution >= 0.6 is 0 Å². The van der Waals surface area contributed by atoms with Crippen LogP contribution in [0.15, 0.2) is 0 Å². The van der Waals surface area contributed by atoms with Crippen LogP contribution in [0, 0.1) is 17.2 Å². The molecule has 1 N–H and O–H groups in total. The van der Waals surface area contributed by atoms with Crippen molar-refractivity contribution in [1.29, 1.82) is 5.26 Å². The Morgan fingerprint density at radius 2 is 2.22 bits per heavy atom. The Balaban J connectivity index is 2.25. The summed E-state index contributed by atoms with van der Waals surface area (Å²) in [5.41, 5.74) is 0. The van der Waals surface area contributed by atoms with Gasteiger partial charge in [-0.05, 0) is 26.2 Å². The molecule has 1 amide bonds. The maximum Gasteiger partial charge on any atom is 0.237 e.